The molecular weight excluding hydrogens is 601 g/mol. The molecule has 0 fully saturated rings. The Balaban J connectivity index is 0.000000900. The van der Waals surface area contributed by atoms with Gasteiger partial charge in [-0.3, -0.25) is 19.8 Å². The van der Waals surface area contributed by atoms with E-state index >= 15 is 0 Å². The molecule has 246 valence electrons. The molecule has 0 unspecified atom stereocenters. The van der Waals surface area contributed by atoms with Gasteiger partial charge in [-0.15, -0.1) is 0 Å². The van der Waals surface area contributed by atoms with Crippen LogP contribution in [0.2, 0.25) is 0 Å². The Morgan fingerprint density at radius 3 is 2.13 bits per heavy atom. The van der Waals surface area contributed by atoms with E-state index in [0.717, 1.165) is 11.1 Å². The van der Waals surface area contributed by atoms with Gasteiger partial charge in [0.15, 0.2) is 5.78 Å². The van der Waals surface area contributed by atoms with Gasteiger partial charge in [-0.2, -0.15) is 13.2 Å². The summed E-state index contributed by atoms with van der Waals surface area (Å²) in [5, 5.41) is 27.7. The summed E-state index contributed by atoms with van der Waals surface area (Å²) in [4.78, 5) is 49.4. The van der Waals surface area contributed by atoms with E-state index in [1.165, 1.54) is 14.2 Å². The van der Waals surface area contributed by atoms with Crippen LogP contribution < -0.4 is 19.7 Å². The summed E-state index contributed by atoms with van der Waals surface area (Å²) in [5.41, 5.74) is 3.12. The van der Waals surface area contributed by atoms with Gasteiger partial charge in [-0.25, -0.2) is 4.79 Å². The Hall–Kier alpha value is -4.82. The number of hydrogen-bond donors (Lipinski definition) is 4. The van der Waals surface area contributed by atoms with Gasteiger partial charge in [0.2, 0.25) is 0 Å². The molecule has 0 atom stereocenters. The van der Waals surface area contributed by atoms with Crippen molar-refractivity contribution in [3.63, 3.8) is 0 Å². The lowest BCUT2D eigenvalue weighted by Crippen LogP contribution is -2.31. The number of alkyl halides is 3. The highest BCUT2D eigenvalue weighted by molar-refractivity contribution is 6.08. The molecule has 45 heavy (non-hydrogen) atoms. The topological polar surface area (TPSA) is 170 Å². The number of carboxylic acid groups (broad SMARTS) is 2. The van der Waals surface area contributed by atoms with Crippen LogP contribution in [0.5, 0.6) is 11.5 Å². The molecule has 0 spiro atoms. The Morgan fingerprint density at radius 2 is 1.67 bits per heavy atom. The Bertz CT molecular complexity index is 1490. The van der Waals surface area contributed by atoms with Crippen molar-refractivity contribution in [1.29, 1.82) is 5.41 Å². The fourth-order valence-electron chi connectivity index (χ4n) is 4.59. The van der Waals surface area contributed by atoms with Gasteiger partial charge in [-0.05, 0) is 47.7 Å². The van der Waals surface area contributed by atoms with Crippen LogP contribution in [0, 0.1) is 5.41 Å². The SMILES string of the molecule is CCOc1cc2c(cc1C(=O)NC)C(=N)N(CC(=O)c1cc(OC)c(N(C)CC(=O)O)c(C(C)(C)C)c1)C2.O=C(O)C(F)(F)F. The van der Waals surface area contributed by atoms with Crippen LogP contribution in [-0.4, -0.2) is 91.7 Å². The normalized spacial score (nSPS) is 12.5. The lowest BCUT2D eigenvalue weighted by Gasteiger charge is -2.30. The minimum Gasteiger partial charge on any atom is -0.495 e. The van der Waals surface area contributed by atoms with Crippen LogP contribution >= 0.6 is 0 Å². The van der Waals surface area contributed by atoms with Crippen LogP contribution in [0.1, 0.15) is 65.1 Å². The molecule has 3 rings (SSSR count). The number of Topliss-reactive ketones (excluding diaryl/α,β-unsaturated/α-hetero) is 1. The first-order valence-electron chi connectivity index (χ1n) is 13.6. The average molecular weight is 639 g/mol. The van der Waals surface area contributed by atoms with E-state index in [0.29, 0.717) is 47.0 Å². The van der Waals surface area contributed by atoms with Gasteiger partial charge in [0.05, 0.1) is 31.5 Å². The number of nitrogens with zero attached hydrogens (tertiary/aromatic N) is 2. The molecule has 4 N–H and O–H groups in total. The van der Waals surface area contributed by atoms with Crippen LogP contribution in [0.3, 0.4) is 0 Å². The number of rotatable bonds is 10. The molecule has 0 aromatic heterocycles. The Morgan fingerprint density at radius 1 is 1.07 bits per heavy atom. The van der Waals surface area contributed by atoms with Crippen molar-refractivity contribution in [2.45, 2.75) is 45.8 Å². The van der Waals surface area contributed by atoms with Gasteiger partial charge in [-0.1, -0.05) is 20.8 Å². The average Bonchev–Trinajstić information content (AvgIpc) is 3.23. The van der Waals surface area contributed by atoms with Crippen molar-refractivity contribution in [1.82, 2.24) is 10.2 Å². The molecule has 1 aliphatic rings. The number of amides is 1. The molecular formula is C30H37F3N4O8. The van der Waals surface area contributed by atoms with E-state index in [9.17, 15) is 32.7 Å². The second-order valence-corrected chi connectivity index (χ2v) is 11.0. The molecule has 15 heteroatoms. The number of ketones is 1. The predicted molar refractivity (Wildman–Crippen MR) is 159 cm³/mol. The smallest absolute Gasteiger partial charge is 0.490 e. The lowest BCUT2D eigenvalue weighted by molar-refractivity contribution is -0.192. The minimum absolute atomic E-state index is 0.0517. The first-order chi connectivity index (χ1) is 20.8. The van der Waals surface area contributed by atoms with Crippen LogP contribution in [0.4, 0.5) is 18.9 Å². The van der Waals surface area contributed by atoms with Crippen LogP contribution in [0.25, 0.3) is 0 Å². The van der Waals surface area contributed by atoms with E-state index in [1.54, 1.807) is 41.1 Å². The molecule has 0 saturated heterocycles. The monoisotopic (exact) mass is 638 g/mol. The molecule has 1 amide bonds. The number of nitrogens with one attached hydrogen (secondary N) is 2. The first kappa shape index (κ1) is 36.4. The number of ether oxygens (including phenoxy) is 2. The zero-order valence-electron chi connectivity index (χ0n) is 26.0. The highest BCUT2D eigenvalue weighted by atomic mass is 19.4. The molecule has 0 bridgehead atoms. The maximum absolute atomic E-state index is 13.5. The summed E-state index contributed by atoms with van der Waals surface area (Å²) in [7, 11) is 4.70. The zero-order valence-corrected chi connectivity index (χ0v) is 26.0. The van der Waals surface area contributed by atoms with Crippen molar-refractivity contribution in [2.75, 3.05) is 45.8 Å². The third-order valence-electron chi connectivity index (χ3n) is 6.67. The summed E-state index contributed by atoms with van der Waals surface area (Å²) in [6, 6.07) is 6.80. The zero-order chi connectivity index (χ0) is 34.4. The standard InChI is InChI=1S/C28H36N4O6.C2HF3O2/c1-8-38-22-11-17-13-32(26(29)18(17)12-19(22)27(36)30-5)14-21(33)16-9-20(28(2,3)4)25(23(10-16)37-7)31(6)15-24(34)35;3-2(4,5)1(6)7/h9-12,29H,8,13-15H2,1-7H3,(H,30,36)(H,34,35);(H,6,7). The maximum Gasteiger partial charge on any atom is 0.490 e. The predicted octanol–water partition coefficient (Wildman–Crippen LogP) is 3.93. The number of likely N-dealkylation sites (N-methyl/N-ethyl adjacent to an activating group) is 1. The largest absolute Gasteiger partial charge is 0.495 e. The highest BCUT2D eigenvalue weighted by Crippen LogP contribution is 2.40. The summed E-state index contributed by atoms with van der Waals surface area (Å²) in [5.74, 6) is -3.26. The number of carbonyl (C=O) groups excluding carboxylic acids is 2. The van der Waals surface area contributed by atoms with Gasteiger partial charge in [0, 0.05) is 31.8 Å². The Labute approximate surface area is 258 Å². The number of benzene rings is 2. The molecule has 1 aliphatic heterocycles. The lowest BCUT2D eigenvalue weighted by atomic mass is 9.83. The second kappa shape index (κ2) is 14.3. The summed E-state index contributed by atoms with van der Waals surface area (Å²) >= 11 is 0. The number of methoxy groups -OCH3 is 1. The number of carbonyl (C=O) groups is 4. The fourth-order valence-corrected chi connectivity index (χ4v) is 4.59. The van der Waals surface area contributed by atoms with E-state index in [4.69, 9.17) is 24.8 Å². The number of amidine groups is 1. The van der Waals surface area contributed by atoms with E-state index in [1.807, 2.05) is 27.7 Å². The summed E-state index contributed by atoms with van der Waals surface area (Å²) in [6.07, 6.45) is -5.08. The van der Waals surface area contributed by atoms with Crippen molar-refractivity contribution in [3.8, 4) is 11.5 Å². The molecule has 1 heterocycles. The minimum atomic E-state index is -5.08. The number of anilines is 1. The van der Waals surface area contributed by atoms with Gasteiger partial charge in [0.25, 0.3) is 5.91 Å². The number of aliphatic carboxylic acids is 2. The van der Waals surface area contributed by atoms with Crippen LogP contribution in [-0.2, 0) is 21.5 Å². The third-order valence-corrected chi connectivity index (χ3v) is 6.67. The number of carboxylic acids is 2. The second-order valence-electron chi connectivity index (χ2n) is 11.0. The quantitative estimate of drug-likeness (QED) is 0.280. The highest BCUT2D eigenvalue weighted by Gasteiger charge is 2.38. The van der Waals surface area contributed by atoms with E-state index < -0.39 is 23.5 Å². The van der Waals surface area contributed by atoms with Crippen molar-refractivity contribution >= 4 is 35.2 Å². The third kappa shape index (κ3) is 8.86. The molecule has 2 aromatic rings. The number of halogens is 3. The Kier molecular flexibility index (Phi) is 11.6. The van der Waals surface area contributed by atoms with Crippen LogP contribution in [0.15, 0.2) is 24.3 Å². The molecule has 0 saturated carbocycles. The molecule has 0 radical (unpaired) electrons. The maximum atomic E-state index is 13.5. The number of fused-ring (bicyclic) bond motifs is 1. The van der Waals surface area contributed by atoms with Crippen molar-refractivity contribution in [3.05, 3.63) is 52.1 Å². The van der Waals surface area contributed by atoms with Gasteiger partial charge < -0.3 is 34.8 Å². The molecule has 12 nitrogen and oxygen atoms in total. The molecule has 2 aromatic carbocycles. The fraction of sp³-hybridized carbons (Fsp3) is 0.433. The number of hydrogen-bond acceptors (Lipinski definition) is 8. The first-order valence-corrected chi connectivity index (χ1v) is 13.6. The van der Waals surface area contributed by atoms with E-state index in [2.05, 4.69) is 5.32 Å². The summed E-state index contributed by atoms with van der Waals surface area (Å²) < 4.78 is 43.0. The summed E-state index contributed by atoms with van der Waals surface area (Å²) in [6.45, 7) is 8.23. The van der Waals surface area contributed by atoms with Gasteiger partial charge in [0.1, 0.15) is 23.9 Å². The van der Waals surface area contributed by atoms with Crippen molar-refractivity contribution in [2.24, 2.45) is 0 Å². The van der Waals surface area contributed by atoms with Gasteiger partial charge >= 0.3 is 18.1 Å². The molecule has 0 aliphatic carbocycles. The van der Waals surface area contributed by atoms with Crippen molar-refractivity contribution < 1.29 is 52.0 Å². The van der Waals surface area contributed by atoms with E-state index in [-0.39, 0.29) is 30.6 Å².